The third-order valence-electron chi connectivity index (χ3n) is 2.64. The number of amides is 1. The van der Waals surface area contributed by atoms with Gasteiger partial charge >= 0.3 is 0 Å². The predicted molar refractivity (Wildman–Crippen MR) is 84.9 cm³/mol. The van der Waals surface area contributed by atoms with Crippen molar-refractivity contribution in [1.29, 1.82) is 0 Å². The minimum atomic E-state index is -0.434. The molecular formula is C18H19NO2. The van der Waals surface area contributed by atoms with E-state index >= 15 is 0 Å². The predicted octanol–water partition coefficient (Wildman–Crippen LogP) is 3.26. The van der Waals surface area contributed by atoms with Gasteiger partial charge in [-0.15, -0.1) is 12.8 Å². The molecule has 3 rings (SSSR count). The summed E-state index contributed by atoms with van der Waals surface area (Å²) in [6.45, 7) is 0. The maximum Gasteiger partial charge on any atom is 0.252 e. The molecule has 1 aliphatic carbocycles. The van der Waals surface area contributed by atoms with Crippen molar-refractivity contribution in [2.75, 3.05) is 0 Å². The summed E-state index contributed by atoms with van der Waals surface area (Å²) >= 11 is 0. The van der Waals surface area contributed by atoms with Gasteiger partial charge in [0.25, 0.3) is 5.91 Å². The summed E-state index contributed by atoms with van der Waals surface area (Å²) in [5.41, 5.74) is 5.66. The van der Waals surface area contributed by atoms with Crippen LogP contribution in [-0.4, -0.2) is 12.0 Å². The van der Waals surface area contributed by atoms with E-state index in [4.69, 9.17) is 10.5 Å². The molecule has 0 saturated heterocycles. The maximum atomic E-state index is 11.0. The van der Waals surface area contributed by atoms with Crippen molar-refractivity contribution in [3.05, 3.63) is 66.2 Å². The van der Waals surface area contributed by atoms with Crippen LogP contribution in [0, 0.1) is 12.8 Å². The largest absolute Gasteiger partial charge is 0.490 e. The molecule has 3 heteroatoms. The molecule has 0 aromatic heterocycles. The second-order valence-corrected chi connectivity index (χ2v) is 4.33. The third-order valence-corrected chi connectivity index (χ3v) is 2.64. The highest BCUT2D eigenvalue weighted by molar-refractivity contribution is 5.95. The molecule has 0 heterocycles. The average Bonchev–Trinajstić information content (AvgIpc) is 3.36. The van der Waals surface area contributed by atoms with Gasteiger partial charge in [0.2, 0.25) is 0 Å². The minimum absolute atomic E-state index is 0.292. The molecule has 0 unspecified atom stereocenters. The molecule has 0 radical (unpaired) electrons. The van der Waals surface area contributed by atoms with E-state index in [0.717, 1.165) is 12.8 Å². The Kier molecular flexibility index (Phi) is 7.17. The number of hydrogen-bond donors (Lipinski definition) is 1. The van der Waals surface area contributed by atoms with Crippen LogP contribution >= 0.6 is 0 Å². The molecule has 1 amide bonds. The number of carbonyl (C=O) groups is 1. The normalized spacial score (nSPS) is 11.9. The molecule has 1 fully saturated rings. The van der Waals surface area contributed by atoms with Gasteiger partial charge in [-0.3, -0.25) is 4.79 Å². The average molecular weight is 281 g/mol. The van der Waals surface area contributed by atoms with Crippen LogP contribution in [0.4, 0.5) is 0 Å². The Morgan fingerprint density at radius 1 is 0.952 bits per heavy atom. The quantitative estimate of drug-likeness (QED) is 0.878. The third kappa shape index (κ3) is 6.31. The van der Waals surface area contributed by atoms with Crippen LogP contribution in [0.15, 0.2) is 60.7 Å². The van der Waals surface area contributed by atoms with Crippen LogP contribution in [0.25, 0.3) is 0 Å². The van der Waals surface area contributed by atoms with Gasteiger partial charge in [-0.05, 0) is 25.0 Å². The first-order valence-electron chi connectivity index (χ1n) is 6.66. The van der Waals surface area contributed by atoms with Gasteiger partial charge in [0.1, 0.15) is 5.75 Å². The Labute approximate surface area is 125 Å². The summed E-state index contributed by atoms with van der Waals surface area (Å²) in [6.07, 6.45) is 10.4. The van der Waals surface area contributed by atoms with Gasteiger partial charge in [0.05, 0.1) is 11.7 Å². The smallest absolute Gasteiger partial charge is 0.252 e. The Hall–Kier alpha value is -2.73. The van der Waals surface area contributed by atoms with Crippen LogP contribution in [0.2, 0.25) is 0 Å². The van der Waals surface area contributed by atoms with Crippen LogP contribution in [-0.2, 0) is 0 Å². The Morgan fingerprint density at radius 2 is 1.43 bits per heavy atom. The Balaban J connectivity index is 0.000000231. The van der Waals surface area contributed by atoms with Crippen molar-refractivity contribution in [2.45, 2.75) is 18.9 Å². The summed E-state index contributed by atoms with van der Waals surface area (Å²) in [5.74, 6) is 0.175. The molecule has 0 spiro atoms. The fourth-order valence-corrected chi connectivity index (χ4v) is 1.52. The molecule has 0 bridgehead atoms. The van der Waals surface area contributed by atoms with E-state index in [2.05, 4.69) is 12.8 Å². The van der Waals surface area contributed by atoms with Crippen LogP contribution in [0.1, 0.15) is 23.2 Å². The number of primary amides is 1. The molecule has 0 aliphatic heterocycles. The number of carbonyl (C=O) groups excluding carboxylic acids is 1. The molecule has 1 saturated carbocycles. The second kappa shape index (κ2) is 9.22. The standard InChI is InChI=1S/C10H11NO2.C6H6.C2H2/c11-10(12)8-3-1-2-4-9(8)13-7-5-6-7;1-2-4-6-5-3-1;1-2/h1-4,7H,5-6H2,(H2,11,12);1-6H;1-2H. The van der Waals surface area contributed by atoms with Crippen molar-refractivity contribution >= 4 is 5.91 Å². The number of hydrogen-bond acceptors (Lipinski definition) is 2. The lowest BCUT2D eigenvalue weighted by Gasteiger charge is -2.07. The maximum absolute atomic E-state index is 11.0. The molecule has 3 nitrogen and oxygen atoms in total. The van der Waals surface area contributed by atoms with Crippen LogP contribution in [0.3, 0.4) is 0 Å². The Bertz CT molecular complexity index is 533. The number of nitrogens with two attached hydrogens (primary N) is 1. The van der Waals surface area contributed by atoms with Gasteiger partial charge in [-0.25, -0.2) is 0 Å². The first-order valence-corrected chi connectivity index (χ1v) is 6.66. The number of ether oxygens (including phenoxy) is 1. The highest BCUT2D eigenvalue weighted by atomic mass is 16.5. The number of benzene rings is 2. The van der Waals surface area contributed by atoms with E-state index in [0.29, 0.717) is 17.4 Å². The monoisotopic (exact) mass is 281 g/mol. The summed E-state index contributed by atoms with van der Waals surface area (Å²) in [6, 6.07) is 19.1. The van der Waals surface area contributed by atoms with Crippen molar-refractivity contribution in [3.8, 4) is 18.6 Å². The minimum Gasteiger partial charge on any atom is -0.490 e. The molecule has 2 aromatic rings. The van der Waals surface area contributed by atoms with Gasteiger partial charge in [-0.2, -0.15) is 0 Å². The lowest BCUT2D eigenvalue weighted by atomic mass is 10.2. The number of para-hydroxylation sites is 1. The number of rotatable bonds is 3. The zero-order chi connectivity index (χ0) is 15.5. The summed E-state index contributed by atoms with van der Waals surface area (Å²) in [4.78, 5) is 11.0. The first kappa shape index (κ1) is 16.3. The van der Waals surface area contributed by atoms with Gasteiger partial charge in [0, 0.05) is 0 Å². The highest BCUT2D eigenvalue weighted by Crippen LogP contribution is 2.28. The summed E-state index contributed by atoms with van der Waals surface area (Å²) in [7, 11) is 0. The first-order chi connectivity index (χ1) is 10.3. The number of terminal acetylenes is 1. The van der Waals surface area contributed by atoms with E-state index in [9.17, 15) is 4.79 Å². The molecule has 0 atom stereocenters. The second-order valence-electron chi connectivity index (χ2n) is 4.33. The van der Waals surface area contributed by atoms with Crippen LogP contribution < -0.4 is 10.5 Å². The zero-order valence-electron chi connectivity index (χ0n) is 11.8. The lowest BCUT2D eigenvalue weighted by Crippen LogP contribution is -2.13. The molecule has 21 heavy (non-hydrogen) atoms. The molecule has 2 N–H and O–H groups in total. The fraction of sp³-hybridized carbons (Fsp3) is 0.167. The van der Waals surface area contributed by atoms with E-state index in [1.165, 1.54) is 0 Å². The van der Waals surface area contributed by atoms with Gasteiger partial charge < -0.3 is 10.5 Å². The molecule has 2 aromatic carbocycles. The topological polar surface area (TPSA) is 52.3 Å². The molecule has 1 aliphatic rings. The Morgan fingerprint density at radius 3 is 1.86 bits per heavy atom. The van der Waals surface area contributed by atoms with E-state index in [1.54, 1.807) is 18.2 Å². The molecule has 108 valence electrons. The van der Waals surface area contributed by atoms with Crippen molar-refractivity contribution in [1.82, 2.24) is 0 Å². The molecular weight excluding hydrogens is 262 g/mol. The van der Waals surface area contributed by atoms with E-state index < -0.39 is 5.91 Å². The van der Waals surface area contributed by atoms with E-state index in [1.807, 2.05) is 42.5 Å². The van der Waals surface area contributed by atoms with Crippen molar-refractivity contribution in [3.63, 3.8) is 0 Å². The van der Waals surface area contributed by atoms with Gasteiger partial charge in [-0.1, -0.05) is 48.5 Å². The van der Waals surface area contributed by atoms with Gasteiger partial charge in [0.15, 0.2) is 0 Å². The SMILES string of the molecule is C#C.NC(=O)c1ccccc1OC1CC1.c1ccccc1. The highest BCUT2D eigenvalue weighted by Gasteiger charge is 2.24. The fourth-order valence-electron chi connectivity index (χ4n) is 1.52. The van der Waals surface area contributed by atoms with Crippen molar-refractivity contribution in [2.24, 2.45) is 5.73 Å². The van der Waals surface area contributed by atoms with Crippen LogP contribution in [0.5, 0.6) is 5.75 Å². The summed E-state index contributed by atoms with van der Waals surface area (Å²) < 4.78 is 5.52. The lowest BCUT2D eigenvalue weighted by molar-refractivity contribution is 0.0996. The van der Waals surface area contributed by atoms with Crippen molar-refractivity contribution < 1.29 is 9.53 Å². The summed E-state index contributed by atoms with van der Waals surface area (Å²) in [5, 5.41) is 0. The van der Waals surface area contributed by atoms with E-state index in [-0.39, 0.29) is 0 Å². The zero-order valence-corrected chi connectivity index (χ0v) is 11.8.